The molecule has 0 saturated heterocycles. The highest BCUT2D eigenvalue weighted by atomic mass is 127. The first-order chi connectivity index (χ1) is 18.1. The van der Waals surface area contributed by atoms with Crippen molar-refractivity contribution in [3.63, 3.8) is 0 Å². The van der Waals surface area contributed by atoms with E-state index in [1.165, 1.54) is 6.08 Å². The summed E-state index contributed by atoms with van der Waals surface area (Å²) >= 11 is 3.78. The minimum absolute atomic E-state index is 0.0518. The number of anilines is 3. The molecule has 0 bridgehead atoms. The molecule has 7 nitrogen and oxygen atoms in total. The summed E-state index contributed by atoms with van der Waals surface area (Å²) in [5.74, 6) is -0.230. The number of halogens is 1. The van der Waals surface area contributed by atoms with Crippen LogP contribution in [0.3, 0.4) is 0 Å². The largest absolute Gasteiger partial charge is 0.508 e. The zero-order valence-corrected chi connectivity index (χ0v) is 24.5. The van der Waals surface area contributed by atoms with E-state index in [0.29, 0.717) is 35.5 Å². The lowest BCUT2D eigenvalue weighted by atomic mass is 9.78. The van der Waals surface area contributed by atoms with Gasteiger partial charge in [0.2, 0.25) is 5.91 Å². The topological polar surface area (TPSA) is 114 Å². The Morgan fingerprint density at radius 2 is 1.82 bits per heavy atom. The number of carbonyl (C=O) groups excluding carboxylic acids is 2. The van der Waals surface area contributed by atoms with E-state index >= 15 is 0 Å². The first-order valence-corrected chi connectivity index (χ1v) is 14.3. The number of allylic oxidation sites excluding steroid dienone is 1. The van der Waals surface area contributed by atoms with E-state index in [-0.39, 0.29) is 11.7 Å². The lowest BCUT2D eigenvalue weighted by molar-refractivity contribution is -0.111. The number of amides is 2. The zero-order valence-electron chi connectivity index (χ0n) is 21.5. The quantitative estimate of drug-likeness (QED) is 0.0782. The monoisotopic (exact) mass is 645 g/mol. The van der Waals surface area contributed by atoms with Crippen LogP contribution in [-0.4, -0.2) is 23.4 Å². The van der Waals surface area contributed by atoms with Crippen molar-refractivity contribution in [2.24, 2.45) is 5.41 Å². The van der Waals surface area contributed by atoms with E-state index in [9.17, 15) is 14.7 Å². The van der Waals surface area contributed by atoms with Crippen LogP contribution in [0.1, 0.15) is 38.4 Å². The number of hydrogen-bond donors (Lipinski definition) is 4. The summed E-state index contributed by atoms with van der Waals surface area (Å²) in [7, 11) is 0. The second-order valence-electron chi connectivity index (χ2n) is 9.35. The number of nitrogens with one attached hydrogen (secondary N) is 2. The van der Waals surface area contributed by atoms with Gasteiger partial charge < -0.3 is 20.9 Å². The molecule has 0 aromatic heterocycles. The molecule has 3 aromatic rings. The predicted octanol–water partition coefficient (Wildman–Crippen LogP) is 7.59. The summed E-state index contributed by atoms with van der Waals surface area (Å²) in [6, 6.07) is 19.7. The number of carbonyl (C=O) groups is 2. The molecule has 3 aromatic carbocycles. The first-order valence-electron chi connectivity index (χ1n) is 12.0. The van der Waals surface area contributed by atoms with Gasteiger partial charge in [-0.3, -0.25) is 10.1 Å². The number of ether oxygens (including phenoxy) is 1. The minimum Gasteiger partial charge on any atom is -0.508 e. The summed E-state index contributed by atoms with van der Waals surface area (Å²) in [6.07, 6.45) is 4.99. The van der Waals surface area contributed by atoms with Crippen LogP contribution in [0.15, 0.2) is 83.8 Å². The second-order valence-corrected chi connectivity index (χ2v) is 11.5. The molecule has 200 valence electrons. The molecule has 0 aliphatic carbocycles. The van der Waals surface area contributed by atoms with Gasteiger partial charge in [0.15, 0.2) is 0 Å². The van der Waals surface area contributed by atoms with E-state index < -0.39 is 17.6 Å². The van der Waals surface area contributed by atoms with Gasteiger partial charge in [-0.25, -0.2) is 4.79 Å². The maximum atomic E-state index is 12.9. The Kier molecular flexibility index (Phi) is 10.5. The minimum atomic E-state index is -0.742. The van der Waals surface area contributed by atoms with Crippen molar-refractivity contribution in [3.8, 4) is 5.75 Å². The Labute approximate surface area is 241 Å². The molecule has 0 aliphatic heterocycles. The summed E-state index contributed by atoms with van der Waals surface area (Å²) < 4.78 is 6.84. The van der Waals surface area contributed by atoms with Crippen molar-refractivity contribution >= 4 is 63.4 Å². The highest BCUT2D eigenvalue weighted by Crippen LogP contribution is 2.44. The molecule has 38 heavy (non-hydrogen) atoms. The van der Waals surface area contributed by atoms with Crippen molar-refractivity contribution in [1.82, 2.24) is 0 Å². The fourth-order valence-electron chi connectivity index (χ4n) is 3.87. The van der Waals surface area contributed by atoms with Crippen LogP contribution >= 0.6 is 34.4 Å². The van der Waals surface area contributed by atoms with E-state index in [1.54, 1.807) is 54.2 Å². The summed E-state index contributed by atoms with van der Waals surface area (Å²) in [4.78, 5) is 26.3. The average molecular weight is 646 g/mol. The smallest absolute Gasteiger partial charge is 0.412 e. The fraction of sp³-hybridized carbons (Fsp3) is 0.241. The van der Waals surface area contributed by atoms with Gasteiger partial charge in [0, 0.05) is 25.1 Å². The molecule has 0 radical (unpaired) electrons. The van der Waals surface area contributed by atoms with E-state index in [4.69, 9.17) is 10.5 Å². The summed E-state index contributed by atoms with van der Waals surface area (Å²) in [5.41, 5.74) is 7.50. The third kappa shape index (κ3) is 8.42. The molecular formula is C29H32IN3O4S. The molecule has 2 amide bonds. The van der Waals surface area contributed by atoms with Gasteiger partial charge in [0.1, 0.15) is 11.9 Å². The number of phenolic OH excluding ortho intramolecular Hbond substituents is 1. The van der Waals surface area contributed by atoms with E-state index in [1.807, 2.05) is 50.4 Å². The number of para-hydroxylation sites is 2. The molecule has 0 heterocycles. The third-order valence-corrected chi connectivity index (χ3v) is 7.40. The number of benzene rings is 3. The number of thioether (sulfide) groups is 1. The first kappa shape index (κ1) is 29.4. The molecule has 0 spiro atoms. The zero-order chi connectivity index (χ0) is 27.7. The standard InChI is InChI=1S/C29H32IN3O4S/c1-29(2,17-7-6-10-26(35)33-24-9-5-4-8-23(24)31)27(22-18-19(30)11-16-25(22)34)37-28(36)32-20-12-14-21(38-3)15-13-20/h4-6,8-16,18,27,34H,7,17,31H2,1-3H3,(H,32,36)(H,33,35)/b10-6+/t27-/m0/s1. The van der Waals surface area contributed by atoms with Gasteiger partial charge >= 0.3 is 6.09 Å². The molecule has 0 fully saturated rings. The maximum Gasteiger partial charge on any atom is 0.412 e. The van der Waals surface area contributed by atoms with Crippen LogP contribution in [0.2, 0.25) is 0 Å². The van der Waals surface area contributed by atoms with Crippen molar-refractivity contribution in [3.05, 3.63) is 88.0 Å². The molecule has 3 rings (SSSR count). The van der Waals surface area contributed by atoms with Gasteiger partial charge in [0.25, 0.3) is 0 Å². The van der Waals surface area contributed by atoms with Crippen LogP contribution in [0.5, 0.6) is 5.75 Å². The van der Waals surface area contributed by atoms with E-state index in [0.717, 1.165) is 8.47 Å². The van der Waals surface area contributed by atoms with Crippen molar-refractivity contribution < 1.29 is 19.4 Å². The van der Waals surface area contributed by atoms with Crippen molar-refractivity contribution in [1.29, 1.82) is 0 Å². The van der Waals surface area contributed by atoms with Crippen LogP contribution in [0.4, 0.5) is 21.9 Å². The normalized spacial score (nSPS) is 12.2. The summed E-state index contributed by atoms with van der Waals surface area (Å²) in [5, 5.41) is 16.2. The Morgan fingerprint density at radius 3 is 2.50 bits per heavy atom. The van der Waals surface area contributed by atoms with Gasteiger partial charge in [-0.1, -0.05) is 32.1 Å². The van der Waals surface area contributed by atoms with Crippen molar-refractivity contribution in [2.45, 2.75) is 37.7 Å². The van der Waals surface area contributed by atoms with Gasteiger partial charge in [-0.2, -0.15) is 0 Å². The molecular weight excluding hydrogens is 613 g/mol. The highest BCUT2D eigenvalue weighted by Gasteiger charge is 2.35. The Hall–Kier alpha value is -3.18. The van der Waals surface area contributed by atoms with Crippen LogP contribution in [0.25, 0.3) is 0 Å². The number of nitrogen functional groups attached to an aromatic ring is 1. The number of nitrogens with two attached hydrogens (primary N) is 1. The SMILES string of the molecule is CSc1ccc(NC(=O)O[C@@H](c2cc(I)ccc2O)C(C)(C)CC/C=C/C(=O)Nc2ccccc2N)cc1. The van der Waals surface area contributed by atoms with E-state index in [2.05, 4.69) is 33.2 Å². The van der Waals surface area contributed by atoms with Crippen LogP contribution in [0, 0.1) is 8.99 Å². The molecule has 5 N–H and O–H groups in total. The van der Waals surface area contributed by atoms with Crippen LogP contribution in [-0.2, 0) is 9.53 Å². The van der Waals surface area contributed by atoms with Crippen LogP contribution < -0.4 is 16.4 Å². The molecule has 0 unspecified atom stereocenters. The molecule has 1 atom stereocenters. The van der Waals surface area contributed by atoms with Gasteiger partial charge in [-0.05, 0) is 102 Å². The molecule has 9 heteroatoms. The number of aromatic hydroxyl groups is 1. The maximum absolute atomic E-state index is 12.9. The van der Waals surface area contributed by atoms with Gasteiger partial charge in [0.05, 0.1) is 11.4 Å². The number of phenols is 1. The molecule has 0 saturated carbocycles. The Balaban J connectivity index is 1.71. The van der Waals surface area contributed by atoms with Crippen molar-refractivity contribution in [2.75, 3.05) is 22.6 Å². The lowest BCUT2D eigenvalue weighted by Crippen LogP contribution is -2.29. The number of rotatable bonds is 10. The lowest BCUT2D eigenvalue weighted by Gasteiger charge is -2.34. The second kappa shape index (κ2) is 13.6. The highest BCUT2D eigenvalue weighted by molar-refractivity contribution is 14.1. The van der Waals surface area contributed by atoms with Gasteiger partial charge in [-0.15, -0.1) is 11.8 Å². The molecule has 0 aliphatic rings. The Morgan fingerprint density at radius 1 is 1.11 bits per heavy atom. The third-order valence-electron chi connectivity index (χ3n) is 5.99. The predicted molar refractivity (Wildman–Crippen MR) is 164 cm³/mol. The fourth-order valence-corrected chi connectivity index (χ4v) is 4.79. The Bertz CT molecular complexity index is 1300. The number of hydrogen-bond acceptors (Lipinski definition) is 6. The summed E-state index contributed by atoms with van der Waals surface area (Å²) in [6.45, 7) is 3.94. The average Bonchev–Trinajstić information content (AvgIpc) is 2.88.